The Kier molecular flexibility index (Phi) is 4.70. The van der Waals surface area contributed by atoms with Crippen LogP contribution < -0.4 is 4.74 Å². The molecule has 0 unspecified atom stereocenters. The summed E-state index contributed by atoms with van der Waals surface area (Å²) in [6, 6.07) is 10.7. The maximum Gasteiger partial charge on any atom is 0.223 e. The Bertz CT molecular complexity index is 1060. The highest BCUT2D eigenvalue weighted by molar-refractivity contribution is 7.91. The number of sulfone groups is 1. The Morgan fingerprint density at radius 1 is 1.10 bits per heavy atom. The van der Waals surface area contributed by atoms with Gasteiger partial charge in [-0.1, -0.05) is 17.7 Å². The summed E-state index contributed by atoms with van der Waals surface area (Å²) in [5, 5.41) is 11.0. The lowest BCUT2D eigenvalue weighted by Crippen LogP contribution is -2.53. The topological polar surface area (TPSA) is 83.9 Å². The number of aliphatic hydroxyl groups is 1. The van der Waals surface area contributed by atoms with Crippen molar-refractivity contribution in [2.24, 2.45) is 0 Å². The Morgan fingerprint density at radius 2 is 1.76 bits per heavy atom. The summed E-state index contributed by atoms with van der Waals surface area (Å²) in [6.07, 6.45) is 0.177. The highest BCUT2D eigenvalue weighted by Crippen LogP contribution is 2.45. The molecule has 0 aliphatic carbocycles. The third-order valence-electron chi connectivity index (χ3n) is 5.77. The second-order valence-electron chi connectivity index (χ2n) is 8.30. The first-order valence-corrected chi connectivity index (χ1v) is 11.2. The van der Waals surface area contributed by atoms with Crippen LogP contribution in [0.2, 0.25) is 0 Å². The average molecular weight is 416 g/mol. The van der Waals surface area contributed by atoms with E-state index in [4.69, 9.17) is 4.74 Å². The van der Waals surface area contributed by atoms with Gasteiger partial charge in [0.15, 0.2) is 0 Å². The third-order valence-corrected chi connectivity index (χ3v) is 7.54. The van der Waals surface area contributed by atoms with Crippen molar-refractivity contribution in [2.75, 3.05) is 6.54 Å². The molecule has 1 fully saturated rings. The lowest BCUT2D eigenvalue weighted by molar-refractivity contribution is -0.139. The van der Waals surface area contributed by atoms with Crippen LogP contribution in [0.5, 0.6) is 5.75 Å². The summed E-state index contributed by atoms with van der Waals surface area (Å²) in [5.74, 6) is 0.456. The molecule has 2 heterocycles. The molecule has 2 aliphatic heterocycles. The Hall–Kier alpha value is -2.38. The van der Waals surface area contributed by atoms with Crippen molar-refractivity contribution in [1.82, 2.24) is 4.90 Å². The maximum atomic E-state index is 13.1. The van der Waals surface area contributed by atoms with E-state index >= 15 is 0 Å². The standard InChI is InChI=1S/C22H25NO5S/c1-14-6-8-15(9-7-14)29(26,27)16-10-11-18-17(13-16)20(21(25)22(2,3)28-18)23-12-4-5-19(23)24/h6-11,13,20-21,25H,4-5,12H2,1-3H3/t20-,21+/m1/s1. The molecule has 7 heteroatoms. The fourth-order valence-electron chi connectivity index (χ4n) is 4.07. The molecule has 154 valence electrons. The third kappa shape index (κ3) is 3.32. The molecule has 4 rings (SSSR count). The molecule has 29 heavy (non-hydrogen) atoms. The van der Waals surface area contributed by atoms with Crippen molar-refractivity contribution < 1.29 is 23.1 Å². The molecule has 0 radical (unpaired) electrons. The molecule has 0 saturated carbocycles. The van der Waals surface area contributed by atoms with Crippen molar-refractivity contribution in [3.63, 3.8) is 0 Å². The van der Waals surface area contributed by atoms with E-state index in [1.807, 2.05) is 6.92 Å². The normalized spacial score (nSPS) is 23.6. The SMILES string of the molecule is Cc1ccc(S(=O)(=O)c2ccc3c(c2)[C@@H](N2CCCC2=O)[C@H](O)C(C)(C)O3)cc1. The van der Waals surface area contributed by atoms with E-state index in [1.54, 1.807) is 55.1 Å². The van der Waals surface area contributed by atoms with Crippen LogP contribution in [-0.4, -0.2) is 42.6 Å². The molecular formula is C22H25NO5S. The fourth-order valence-corrected chi connectivity index (χ4v) is 5.36. The van der Waals surface area contributed by atoms with Crippen LogP contribution in [0, 0.1) is 6.92 Å². The first-order chi connectivity index (χ1) is 13.6. The minimum absolute atomic E-state index is 0.0375. The van der Waals surface area contributed by atoms with Gasteiger partial charge in [0, 0.05) is 18.5 Å². The number of rotatable bonds is 3. The Labute approximate surface area is 171 Å². The molecule has 6 nitrogen and oxygen atoms in total. The van der Waals surface area contributed by atoms with Gasteiger partial charge in [-0.05, 0) is 57.5 Å². The van der Waals surface area contributed by atoms with Gasteiger partial charge in [0.25, 0.3) is 0 Å². The minimum Gasteiger partial charge on any atom is -0.485 e. The van der Waals surface area contributed by atoms with Gasteiger partial charge in [-0.3, -0.25) is 4.79 Å². The van der Waals surface area contributed by atoms with Gasteiger partial charge in [-0.2, -0.15) is 0 Å². The van der Waals surface area contributed by atoms with Gasteiger partial charge in [0.2, 0.25) is 15.7 Å². The fraction of sp³-hybridized carbons (Fsp3) is 0.409. The van der Waals surface area contributed by atoms with Crippen molar-refractivity contribution >= 4 is 15.7 Å². The zero-order valence-corrected chi connectivity index (χ0v) is 17.6. The first-order valence-electron chi connectivity index (χ1n) is 9.73. The lowest BCUT2D eigenvalue weighted by Gasteiger charge is -2.45. The molecule has 1 N–H and O–H groups in total. The van der Waals surface area contributed by atoms with Gasteiger partial charge in [-0.15, -0.1) is 0 Å². The predicted molar refractivity (Wildman–Crippen MR) is 107 cm³/mol. The van der Waals surface area contributed by atoms with Crippen LogP contribution in [0.15, 0.2) is 52.3 Å². The van der Waals surface area contributed by atoms with E-state index < -0.39 is 27.6 Å². The summed E-state index contributed by atoms with van der Waals surface area (Å²) in [6.45, 7) is 5.97. The van der Waals surface area contributed by atoms with E-state index in [2.05, 4.69) is 0 Å². The van der Waals surface area contributed by atoms with Crippen molar-refractivity contribution in [3.05, 3.63) is 53.6 Å². The second kappa shape index (κ2) is 6.85. The number of hydrogen-bond acceptors (Lipinski definition) is 5. The molecule has 0 spiro atoms. The Morgan fingerprint density at radius 3 is 2.38 bits per heavy atom. The van der Waals surface area contributed by atoms with Gasteiger partial charge in [0.1, 0.15) is 17.5 Å². The number of ether oxygens (including phenoxy) is 1. The summed E-state index contributed by atoms with van der Waals surface area (Å²) in [4.78, 5) is 14.4. The van der Waals surface area contributed by atoms with Gasteiger partial charge in [-0.25, -0.2) is 8.42 Å². The number of nitrogens with zero attached hydrogens (tertiary/aromatic N) is 1. The molecule has 2 aromatic rings. The van der Waals surface area contributed by atoms with Crippen LogP contribution in [0.4, 0.5) is 0 Å². The monoisotopic (exact) mass is 415 g/mol. The van der Waals surface area contributed by atoms with Crippen molar-refractivity contribution in [1.29, 1.82) is 0 Å². The molecule has 1 saturated heterocycles. The number of likely N-dealkylation sites (tertiary alicyclic amines) is 1. The maximum absolute atomic E-state index is 13.1. The second-order valence-corrected chi connectivity index (χ2v) is 10.3. The zero-order chi connectivity index (χ0) is 21.0. The summed E-state index contributed by atoms with van der Waals surface area (Å²) in [5.41, 5.74) is 0.596. The van der Waals surface area contributed by atoms with Crippen molar-refractivity contribution in [2.45, 2.75) is 61.2 Å². The Balaban J connectivity index is 1.83. The van der Waals surface area contributed by atoms with E-state index in [9.17, 15) is 18.3 Å². The van der Waals surface area contributed by atoms with Gasteiger partial charge < -0.3 is 14.7 Å². The molecule has 0 bridgehead atoms. The largest absolute Gasteiger partial charge is 0.485 e. The van der Waals surface area contributed by atoms with E-state index in [-0.39, 0.29) is 15.7 Å². The van der Waals surface area contributed by atoms with Crippen LogP contribution in [-0.2, 0) is 14.6 Å². The number of fused-ring (bicyclic) bond motifs is 1. The molecule has 0 aromatic heterocycles. The number of aliphatic hydroxyl groups excluding tert-OH is 1. The van der Waals surface area contributed by atoms with Crippen LogP contribution in [0.1, 0.15) is 43.9 Å². The van der Waals surface area contributed by atoms with Gasteiger partial charge >= 0.3 is 0 Å². The van der Waals surface area contributed by atoms with E-state index in [0.29, 0.717) is 24.3 Å². The highest BCUT2D eigenvalue weighted by atomic mass is 32.2. The predicted octanol–water partition coefficient (Wildman–Crippen LogP) is 3.02. The van der Waals surface area contributed by atoms with Crippen LogP contribution in [0.3, 0.4) is 0 Å². The molecule has 1 amide bonds. The first kappa shape index (κ1) is 19.9. The molecule has 2 atom stereocenters. The average Bonchev–Trinajstić information content (AvgIpc) is 3.08. The molecule has 2 aliphatic rings. The lowest BCUT2D eigenvalue weighted by atomic mass is 9.85. The van der Waals surface area contributed by atoms with Crippen LogP contribution >= 0.6 is 0 Å². The number of carbonyl (C=O) groups excluding carboxylic acids is 1. The summed E-state index contributed by atoms with van der Waals surface area (Å²) in [7, 11) is -3.74. The van der Waals surface area contributed by atoms with E-state index in [0.717, 1.165) is 12.0 Å². The number of benzene rings is 2. The minimum atomic E-state index is -3.74. The van der Waals surface area contributed by atoms with Crippen molar-refractivity contribution in [3.8, 4) is 5.75 Å². The van der Waals surface area contributed by atoms with E-state index in [1.165, 1.54) is 6.07 Å². The van der Waals surface area contributed by atoms with Gasteiger partial charge in [0.05, 0.1) is 15.8 Å². The zero-order valence-electron chi connectivity index (χ0n) is 16.8. The number of amides is 1. The molecular weight excluding hydrogens is 390 g/mol. The number of carbonyl (C=O) groups is 1. The smallest absolute Gasteiger partial charge is 0.223 e. The van der Waals surface area contributed by atoms with Crippen LogP contribution in [0.25, 0.3) is 0 Å². The molecule has 2 aromatic carbocycles. The summed E-state index contributed by atoms with van der Waals surface area (Å²) >= 11 is 0. The quantitative estimate of drug-likeness (QED) is 0.833. The number of hydrogen-bond donors (Lipinski definition) is 1. The number of aryl methyl sites for hydroxylation is 1. The summed E-state index contributed by atoms with van der Waals surface area (Å²) < 4.78 is 32.3. The highest BCUT2D eigenvalue weighted by Gasteiger charge is 2.47.